The molecule has 3 rings (SSSR count). The molecule has 2 aromatic carbocycles. The Hall–Kier alpha value is -3.35. The summed E-state index contributed by atoms with van der Waals surface area (Å²) in [6.07, 6.45) is -0.157. The van der Waals surface area contributed by atoms with E-state index in [1.165, 1.54) is 14.0 Å². The van der Waals surface area contributed by atoms with Gasteiger partial charge in [0.05, 0.1) is 18.7 Å². The summed E-state index contributed by atoms with van der Waals surface area (Å²) in [5.41, 5.74) is 3.33. The van der Waals surface area contributed by atoms with E-state index in [0.717, 1.165) is 23.2 Å². The van der Waals surface area contributed by atoms with Crippen LogP contribution in [0.5, 0.6) is 5.75 Å². The third kappa shape index (κ3) is 5.05. The number of nitrogens with one attached hydrogen (secondary N) is 1. The molecule has 1 N–H and O–H groups in total. The lowest BCUT2D eigenvalue weighted by Crippen LogP contribution is -2.33. The lowest BCUT2D eigenvalue weighted by Gasteiger charge is -2.20. The Morgan fingerprint density at radius 3 is 2.68 bits per heavy atom. The van der Waals surface area contributed by atoms with Crippen molar-refractivity contribution in [2.75, 3.05) is 23.9 Å². The molecule has 1 heterocycles. The van der Waals surface area contributed by atoms with E-state index in [4.69, 9.17) is 9.47 Å². The van der Waals surface area contributed by atoms with Crippen molar-refractivity contribution in [1.82, 2.24) is 0 Å². The standard InChI is InChI=1S/C24H28N2O5/c1-5-17-8-6-7-9-20(17)26-14-18(13-22(26)27)24(29)31-16(3)23(28)25-19-12-15(2)10-11-21(19)30-4/h6-12,16,18H,5,13-14H2,1-4H3,(H,25,28)/t16-,18+/m0/s1. The molecule has 164 valence electrons. The predicted octanol–water partition coefficient (Wildman–Crippen LogP) is 3.49. The molecule has 0 aromatic heterocycles. The van der Waals surface area contributed by atoms with Gasteiger partial charge in [0.1, 0.15) is 5.75 Å². The summed E-state index contributed by atoms with van der Waals surface area (Å²) in [5.74, 6) is -1.23. The predicted molar refractivity (Wildman–Crippen MR) is 118 cm³/mol. The normalized spacial score (nSPS) is 16.7. The van der Waals surface area contributed by atoms with Gasteiger partial charge in [-0.15, -0.1) is 0 Å². The third-order valence-electron chi connectivity index (χ3n) is 5.40. The smallest absolute Gasteiger partial charge is 0.312 e. The Morgan fingerprint density at radius 1 is 1.23 bits per heavy atom. The molecule has 0 unspecified atom stereocenters. The van der Waals surface area contributed by atoms with Crippen LogP contribution in [-0.2, 0) is 25.5 Å². The molecular weight excluding hydrogens is 396 g/mol. The highest BCUT2D eigenvalue weighted by molar-refractivity contribution is 6.01. The Morgan fingerprint density at radius 2 is 1.97 bits per heavy atom. The molecule has 2 atom stereocenters. The first kappa shape index (κ1) is 22.3. The summed E-state index contributed by atoms with van der Waals surface area (Å²) in [4.78, 5) is 39.4. The molecule has 2 aromatic rings. The van der Waals surface area contributed by atoms with Gasteiger partial charge in [0, 0.05) is 18.7 Å². The maximum atomic E-state index is 12.7. The number of methoxy groups -OCH3 is 1. The monoisotopic (exact) mass is 424 g/mol. The molecular formula is C24H28N2O5. The van der Waals surface area contributed by atoms with Crippen LogP contribution in [0.4, 0.5) is 11.4 Å². The average molecular weight is 424 g/mol. The zero-order valence-electron chi connectivity index (χ0n) is 18.3. The molecule has 1 aliphatic rings. The first-order valence-corrected chi connectivity index (χ1v) is 10.4. The van der Waals surface area contributed by atoms with Crippen molar-refractivity contribution in [3.63, 3.8) is 0 Å². The van der Waals surface area contributed by atoms with E-state index < -0.39 is 23.9 Å². The molecule has 7 nitrogen and oxygen atoms in total. The number of esters is 1. The molecule has 0 bridgehead atoms. The van der Waals surface area contributed by atoms with Crippen molar-refractivity contribution in [3.8, 4) is 5.75 Å². The maximum absolute atomic E-state index is 12.7. The number of anilines is 2. The molecule has 1 aliphatic heterocycles. The minimum absolute atomic E-state index is 0.0664. The number of carbonyl (C=O) groups excluding carboxylic acids is 3. The summed E-state index contributed by atoms with van der Waals surface area (Å²) in [5, 5.41) is 2.74. The SMILES string of the molecule is CCc1ccccc1N1C[C@H](C(=O)O[C@@H](C)C(=O)Nc2cc(C)ccc2OC)CC1=O. The highest BCUT2D eigenvalue weighted by Gasteiger charge is 2.38. The van der Waals surface area contributed by atoms with Gasteiger partial charge in [0.25, 0.3) is 5.91 Å². The first-order chi connectivity index (χ1) is 14.8. The zero-order chi connectivity index (χ0) is 22.5. The molecule has 0 saturated carbocycles. The number of nitrogens with zero attached hydrogens (tertiary/aromatic N) is 1. The zero-order valence-corrected chi connectivity index (χ0v) is 18.3. The lowest BCUT2D eigenvalue weighted by atomic mass is 10.1. The minimum Gasteiger partial charge on any atom is -0.495 e. The quantitative estimate of drug-likeness (QED) is 0.688. The van der Waals surface area contributed by atoms with Crippen molar-refractivity contribution in [1.29, 1.82) is 0 Å². The van der Waals surface area contributed by atoms with Crippen LogP contribution in [-0.4, -0.2) is 37.5 Å². The van der Waals surface area contributed by atoms with E-state index in [9.17, 15) is 14.4 Å². The fourth-order valence-corrected chi connectivity index (χ4v) is 3.65. The molecule has 1 fully saturated rings. The van der Waals surface area contributed by atoms with Gasteiger partial charge < -0.3 is 19.7 Å². The van der Waals surface area contributed by atoms with E-state index in [-0.39, 0.29) is 18.9 Å². The summed E-state index contributed by atoms with van der Waals surface area (Å²) in [6, 6.07) is 13.1. The number of hydrogen-bond donors (Lipinski definition) is 1. The number of aryl methyl sites for hydroxylation is 2. The highest BCUT2D eigenvalue weighted by Crippen LogP contribution is 2.29. The van der Waals surface area contributed by atoms with E-state index in [1.54, 1.807) is 17.0 Å². The highest BCUT2D eigenvalue weighted by atomic mass is 16.5. The summed E-state index contributed by atoms with van der Waals surface area (Å²) in [7, 11) is 1.52. The number of carbonyl (C=O) groups is 3. The Balaban J connectivity index is 1.63. The van der Waals surface area contributed by atoms with Crippen LogP contribution in [0, 0.1) is 12.8 Å². The van der Waals surface area contributed by atoms with E-state index in [1.807, 2.05) is 44.2 Å². The van der Waals surface area contributed by atoms with Crippen molar-refractivity contribution in [2.45, 2.75) is 39.7 Å². The van der Waals surface area contributed by atoms with E-state index in [2.05, 4.69) is 5.32 Å². The second-order valence-electron chi connectivity index (χ2n) is 7.66. The molecule has 0 aliphatic carbocycles. The second kappa shape index (κ2) is 9.64. The van der Waals surface area contributed by atoms with Gasteiger partial charge in [-0.3, -0.25) is 14.4 Å². The summed E-state index contributed by atoms with van der Waals surface area (Å²) < 4.78 is 10.7. The van der Waals surface area contributed by atoms with Crippen molar-refractivity contribution in [3.05, 3.63) is 53.6 Å². The van der Waals surface area contributed by atoms with Gasteiger partial charge in [0.15, 0.2) is 6.10 Å². The number of para-hydroxylation sites is 1. The van der Waals surface area contributed by atoms with Gasteiger partial charge in [-0.05, 0) is 49.6 Å². The topological polar surface area (TPSA) is 84.9 Å². The van der Waals surface area contributed by atoms with Crippen LogP contribution in [0.25, 0.3) is 0 Å². The fourth-order valence-electron chi connectivity index (χ4n) is 3.65. The van der Waals surface area contributed by atoms with Crippen LogP contribution >= 0.6 is 0 Å². The van der Waals surface area contributed by atoms with Crippen molar-refractivity contribution < 1.29 is 23.9 Å². The van der Waals surface area contributed by atoms with Gasteiger partial charge in [0.2, 0.25) is 5.91 Å². The molecule has 2 amide bonds. The molecule has 31 heavy (non-hydrogen) atoms. The lowest BCUT2D eigenvalue weighted by molar-refractivity contribution is -0.157. The van der Waals surface area contributed by atoms with E-state index in [0.29, 0.717) is 11.4 Å². The van der Waals surface area contributed by atoms with Crippen molar-refractivity contribution >= 4 is 29.2 Å². The van der Waals surface area contributed by atoms with Crippen molar-refractivity contribution in [2.24, 2.45) is 5.92 Å². The van der Waals surface area contributed by atoms with Gasteiger partial charge in [-0.2, -0.15) is 0 Å². The first-order valence-electron chi connectivity index (χ1n) is 10.4. The second-order valence-corrected chi connectivity index (χ2v) is 7.66. The number of ether oxygens (including phenoxy) is 2. The minimum atomic E-state index is -1.01. The van der Waals surface area contributed by atoms with E-state index >= 15 is 0 Å². The number of hydrogen-bond acceptors (Lipinski definition) is 5. The summed E-state index contributed by atoms with van der Waals surface area (Å²) >= 11 is 0. The largest absolute Gasteiger partial charge is 0.495 e. The molecule has 0 spiro atoms. The Kier molecular flexibility index (Phi) is 6.95. The molecule has 0 radical (unpaired) electrons. The average Bonchev–Trinajstić information content (AvgIpc) is 3.15. The van der Waals surface area contributed by atoms with Crippen LogP contribution < -0.4 is 15.0 Å². The van der Waals surface area contributed by atoms with Gasteiger partial charge >= 0.3 is 5.97 Å². The van der Waals surface area contributed by atoms with Crippen LogP contribution in [0.1, 0.15) is 31.4 Å². The Bertz CT molecular complexity index is 988. The number of amides is 2. The third-order valence-corrected chi connectivity index (χ3v) is 5.40. The van der Waals surface area contributed by atoms with Gasteiger partial charge in [-0.1, -0.05) is 31.2 Å². The molecule has 7 heteroatoms. The Labute approximate surface area is 182 Å². The number of benzene rings is 2. The maximum Gasteiger partial charge on any atom is 0.312 e. The fraction of sp³-hybridized carbons (Fsp3) is 0.375. The van der Waals surface area contributed by atoms with Crippen LogP contribution in [0.3, 0.4) is 0 Å². The van der Waals surface area contributed by atoms with Crippen LogP contribution in [0.15, 0.2) is 42.5 Å². The van der Waals surface area contributed by atoms with Crippen LogP contribution in [0.2, 0.25) is 0 Å². The molecule has 1 saturated heterocycles. The summed E-state index contributed by atoms with van der Waals surface area (Å²) in [6.45, 7) is 5.68. The number of rotatable bonds is 7. The van der Waals surface area contributed by atoms with Gasteiger partial charge in [-0.25, -0.2) is 0 Å².